The van der Waals surface area contributed by atoms with E-state index in [0.29, 0.717) is 12.5 Å². The normalized spacial score (nSPS) is 21.4. The van der Waals surface area contributed by atoms with Gasteiger partial charge in [0.1, 0.15) is 0 Å². The SMILES string of the molecule is CC1(C)CCC(C)(C)c2cc(-c3csc(N4CCC(NCCC(O)CO)CC4)n3)ccc21. The highest BCUT2D eigenvalue weighted by Gasteiger charge is 2.37. The summed E-state index contributed by atoms with van der Waals surface area (Å²) in [5.41, 5.74) is 5.75. The number of piperidine rings is 1. The Hall–Kier alpha value is -1.47. The van der Waals surface area contributed by atoms with Gasteiger partial charge < -0.3 is 20.4 Å². The van der Waals surface area contributed by atoms with Gasteiger partial charge in [0.15, 0.2) is 5.13 Å². The van der Waals surface area contributed by atoms with Crippen LogP contribution in [0.25, 0.3) is 11.3 Å². The van der Waals surface area contributed by atoms with E-state index in [1.54, 1.807) is 11.3 Å². The lowest BCUT2D eigenvalue weighted by Gasteiger charge is -2.42. The van der Waals surface area contributed by atoms with Crippen molar-refractivity contribution in [3.8, 4) is 11.3 Å². The number of aliphatic hydroxyl groups is 2. The topological polar surface area (TPSA) is 68.6 Å². The maximum Gasteiger partial charge on any atom is 0.185 e. The average Bonchev–Trinajstić information content (AvgIpc) is 3.27. The van der Waals surface area contributed by atoms with Crippen molar-refractivity contribution in [2.75, 3.05) is 31.1 Å². The molecule has 2 heterocycles. The fourth-order valence-electron chi connectivity index (χ4n) is 5.11. The molecule has 1 aromatic heterocycles. The molecular weight excluding hydrogens is 418 g/mol. The Morgan fingerprint density at radius 2 is 1.81 bits per heavy atom. The van der Waals surface area contributed by atoms with Crippen LogP contribution < -0.4 is 10.2 Å². The van der Waals surface area contributed by atoms with E-state index in [1.165, 1.54) is 29.5 Å². The molecule has 1 atom stereocenters. The van der Waals surface area contributed by atoms with Gasteiger partial charge in [0.25, 0.3) is 0 Å². The molecule has 1 aliphatic carbocycles. The summed E-state index contributed by atoms with van der Waals surface area (Å²) in [4.78, 5) is 7.43. The minimum atomic E-state index is -0.614. The molecule has 6 heteroatoms. The summed E-state index contributed by atoms with van der Waals surface area (Å²) < 4.78 is 0. The molecule has 1 unspecified atom stereocenters. The molecule has 0 radical (unpaired) electrons. The fraction of sp³-hybridized carbons (Fsp3) is 0.654. The summed E-state index contributed by atoms with van der Waals surface area (Å²) in [5, 5.41) is 25.3. The number of rotatable bonds is 7. The van der Waals surface area contributed by atoms with Crippen LogP contribution in [0.3, 0.4) is 0 Å². The lowest BCUT2D eigenvalue weighted by atomic mass is 9.63. The van der Waals surface area contributed by atoms with Gasteiger partial charge in [-0.25, -0.2) is 4.98 Å². The summed E-state index contributed by atoms with van der Waals surface area (Å²) in [6.45, 7) is 12.1. The van der Waals surface area contributed by atoms with Crippen LogP contribution in [0.15, 0.2) is 23.6 Å². The molecule has 1 aliphatic heterocycles. The van der Waals surface area contributed by atoms with Crippen molar-refractivity contribution in [1.29, 1.82) is 0 Å². The quantitative estimate of drug-likeness (QED) is 0.573. The van der Waals surface area contributed by atoms with Crippen molar-refractivity contribution >= 4 is 16.5 Å². The van der Waals surface area contributed by atoms with Gasteiger partial charge >= 0.3 is 0 Å². The summed E-state index contributed by atoms with van der Waals surface area (Å²) >= 11 is 1.75. The van der Waals surface area contributed by atoms with Gasteiger partial charge in [-0.05, 0) is 66.7 Å². The summed E-state index contributed by atoms with van der Waals surface area (Å²) in [7, 11) is 0. The Bertz CT molecular complexity index is 916. The van der Waals surface area contributed by atoms with Gasteiger partial charge in [-0.2, -0.15) is 0 Å². The van der Waals surface area contributed by atoms with E-state index in [0.717, 1.165) is 43.3 Å². The van der Waals surface area contributed by atoms with Crippen molar-refractivity contribution < 1.29 is 10.2 Å². The molecule has 0 bridgehead atoms. The molecule has 0 spiro atoms. The van der Waals surface area contributed by atoms with Crippen LogP contribution in [0, 0.1) is 0 Å². The second kappa shape index (κ2) is 9.41. The highest BCUT2D eigenvalue weighted by molar-refractivity contribution is 7.14. The predicted octanol–water partition coefficient (Wildman–Crippen LogP) is 4.46. The number of nitrogens with one attached hydrogen (secondary N) is 1. The number of anilines is 1. The third kappa shape index (κ3) is 5.04. The highest BCUT2D eigenvalue weighted by Crippen LogP contribution is 2.47. The summed E-state index contributed by atoms with van der Waals surface area (Å²) in [5.74, 6) is 0. The first kappa shape index (κ1) is 23.7. The summed E-state index contributed by atoms with van der Waals surface area (Å²) in [6, 6.07) is 7.47. The van der Waals surface area contributed by atoms with Crippen LogP contribution in [-0.2, 0) is 10.8 Å². The number of nitrogens with zero attached hydrogens (tertiary/aromatic N) is 2. The number of hydrogen-bond donors (Lipinski definition) is 3. The lowest BCUT2D eigenvalue weighted by molar-refractivity contribution is 0.0874. The lowest BCUT2D eigenvalue weighted by Crippen LogP contribution is -2.43. The molecule has 1 aromatic carbocycles. The zero-order valence-corrected chi connectivity index (χ0v) is 20.8. The van der Waals surface area contributed by atoms with Crippen LogP contribution in [0.1, 0.15) is 70.9 Å². The van der Waals surface area contributed by atoms with E-state index in [4.69, 9.17) is 10.1 Å². The first-order valence-electron chi connectivity index (χ1n) is 12.1. The second-order valence-electron chi connectivity index (χ2n) is 10.9. The predicted molar refractivity (Wildman–Crippen MR) is 134 cm³/mol. The van der Waals surface area contributed by atoms with Crippen molar-refractivity contribution in [1.82, 2.24) is 10.3 Å². The van der Waals surface area contributed by atoms with Crippen molar-refractivity contribution in [2.24, 2.45) is 0 Å². The van der Waals surface area contributed by atoms with E-state index < -0.39 is 6.10 Å². The van der Waals surface area contributed by atoms with Crippen molar-refractivity contribution in [3.05, 3.63) is 34.7 Å². The standard InChI is InChI=1S/C26H39N3O2S/c1-25(2)10-11-26(3,4)22-15-18(5-6-21(22)25)23-17-32-24(28-23)29-13-8-19(9-14-29)27-12-7-20(31)16-30/h5-6,15,17,19-20,27,30-31H,7-14,16H2,1-4H3. The van der Waals surface area contributed by atoms with E-state index in [2.05, 4.69) is 61.5 Å². The van der Waals surface area contributed by atoms with E-state index >= 15 is 0 Å². The Balaban J connectivity index is 1.41. The first-order valence-corrected chi connectivity index (χ1v) is 13.0. The fourth-order valence-corrected chi connectivity index (χ4v) is 6.00. The number of fused-ring (bicyclic) bond motifs is 1. The molecule has 0 amide bonds. The zero-order valence-electron chi connectivity index (χ0n) is 20.0. The van der Waals surface area contributed by atoms with Crippen LogP contribution in [-0.4, -0.2) is 53.6 Å². The minimum Gasteiger partial charge on any atom is -0.394 e. The second-order valence-corrected chi connectivity index (χ2v) is 11.7. The molecule has 176 valence electrons. The number of benzene rings is 1. The molecule has 1 saturated heterocycles. The van der Waals surface area contributed by atoms with Gasteiger partial charge in [-0.3, -0.25) is 0 Å². The van der Waals surface area contributed by atoms with Crippen LogP contribution in [0.4, 0.5) is 5.13 Å². The van der Waals surface area contributed by atoms with Crippen LogP contribution in [0.2, 0.25) is 0 Å². The maximum atomic E-state index is 9.49. The number of thiazole rings is 1. The van der Waals surface area contributed by atoms with E-state index in [9.17, 15) is 5.11 Å². The van der Waals surface area contributed by atoms with E-state index in [-0.39, 0.29) is 17.4 Å². The smallest absolute Gasteiger partial charge is 0.185 e. The molecule has 32 heavy (non-hydrogen) atoms. The van der Waals surface area contributed by atoms with Crippen molar-refractivity contribution in [2.45, 2.75) is 82.8 Å². The third-order valence-electron chi connectivity index (χ3n) is 7.53. The van der Waals surface area contributed by atoms with Crippen LogP contribution in [0.5, 0.6) is 0 Å². The Morgan fingerprint density at radius 3 is 2.50 bits per heavy atom. The summed E-state index contributed by atoms with van der Waals surface area (Å²) in [6.07, 6.45) is 4.59. The van der Waals surface area contributed by atoms with Gasteiger partial charge in [-0.15, -0.1) is 11.3 Å². The van der Waals surface area contributed by atoms with Gasteiger partial charge in [0.05, 0.1) is 18.4 Å². The molecule has 2 aliphatic rings. The van der Waals surface area contributed by atoms with Gasteiger partial charge in [0.2, 0.25) is 0 Å². The zero-order chi connectivity index (χ0) is 22.9. The third-order valence-corrected chi connectivity index (χ3v) is 8.43. The molecule has 0 saturated carbocycles. The minimum absolute atomic E-state index is 0.161. The van der Waals surface area contributed by atoms with Gasteiger partial charge in [-0.1, -0.05) is 39.8 Å². The van der Waals surface area contributed by atoms with Crippen LogP contribution >= 0.6 is 11.3 Å². The number of hydrogen-bond acceptors (Lipinski definition) is 6. The Kier molecular flexibility index (Phi) is 6.97. The van der Waals surface area contributed by atoms with Gasteiger partial charge in [0, 0.05) is 30.1 Å². The molecule has 2 aromatic rings. The number of aromatic nitrogens is 1. The van der Waals surface area contributed by atoms with Crippen molar-refractivity contribution in [3.63, 3.8) is 0 Å². The average molecular weight is 458 g/mol. The first-order chi connectivity index (χ1) is 15.2. The monoisotopic (exact) mass is 457 g/mol. The number of aliphatic hydroxyl groups excluding tert-OH is 2. The molecule has 5 nitrogen and oxygen atoms in total. The maximum absolute atomic E-state index is 9.49. The molecule has 4 rings (SSSR count). The molecular formula is C26H39N3O2S. The van der Waals surface area contributed by atoms with E-state index in [1.807, 2.05) is 0 Å². The Morgan fingerprint density at radius 1 is 1.12 bits per heavy atom. The molecule has 3 N–H and O–H groups in total. The largest absolute Gasteiger partial charge is 0.394 e. The highest BCUT2D eigenvalue weighted by atomic mass is 32.1. The molecule has 1 fully saturated rings. The Labute approximate surface area is 196 Å².